The van der Waals surface area contributed by atoms with Crippen molar-refractivity contribution in [2.45, 2.75) is 13.3 Å². The summed E-state index contributed by atoms with van der Waals surface area (Å²) < 4.78 is 5.76. The molecule has 1 aromatic rings. The number of hydrogen-bond donors (Lipinski definition) is 1. The lowest BCUT2D eigenvalue weighted by atomic mass is 10.2. The highest BCUT2D eigenvalue weighted by molar-refractivity contribution is 5.66. The molecular weight excluding hydrogens is 268 g/mol. The van der Waals surface area contributed by atoms with Crippen LogP contribution in [-0.4, -0.2) is 66.8 Å². The molecule has 1 aromatic carbocycles. The molecule has 1 aliphatic heterocycles. The molecular formula is C16H24N2O3. The largest absolute Gasteiger partial charge is 0.492 e. The highest BCUT2D eigenvalue weighted by Gasteiger charge is 2.16. The quantitative estimate of drug-likeness (QED) is 0.824. The van der Waals surface area contributed by atoms with Gasteiger partial charge in [-0.1, -0.05) is 12.1 Å². The van der Waals surface area contributed by atoms with Gasteiger partial charge in [0.1, 0.15) is 12.4 Å². The fourth-order valence-electron chi connectivity index (χ4n) is 2.49. The molecule has 0 bridgehead atoms. The molecule has 0 amide bonds. The molecule has 21 heavy (non-hydrogen) atoms. The van der Waals surface area contributed by atoms with E-state index in [1.807, 2.05) is 18.2 Å². The van der Waals surface area contributed by atoms with Crippen molar-refractivity contribution in [1.29, 1.82) is 0 Å². The average molecular weight is 292 g/mol. The molecule has 0 unspecified atom stereocenters. The monoisotopic (exact) mass is 292 g/mol. The number of rotatable bonds is 7. The van der Waals surface area contributed by atoms with Crippen molar-refractivity contribution in [2.75, 3.05) is 45.9 Å². The van der Waals surface area contributed by atoms with Crippen LogP contribution in [0.5, 0.6) is 5.75 Å². The molecule has 0 spiro atoms. The molecule has 0 saturated carbocycles. The van der Waals surface area contributed by atoms with Gasteiger partial charge in [0.2, 0.25) is 0 Å². The lowest BCUT2D eigenvalue weighted by Gasteiger charge is -2.34. The van der Waals surface area contributed by atoms with Crippen molar-refractivity contribution in [3.05, 3.63) is 29.8 Å². The standard InChI is InChI=1S/C16H24N2O3/c1-14-3-2-4-15(13-14)21-12-11-18-9-7-17(8-10-18)6-5-16(19)20/h2-4,13H,5-12H2,1H3,(H,19,20). The minimum atomic E-state index is -0.719. The molecule has 0 aliphatic carbocycles. The molecule has 0 radical (unpaired) electrons. The Hall–Kier alpha value is -1.59. The van der Waals surface area contributed by atoms with Crippen LogP contribution in [0.4, 0.5) is 0 Å². The third-order valence-corrected chi connectivity index (χ3v) is 3.77. The summed E-state index contributed by atoms with van der Waals surface area (Å²) in [6, 6.07) is 8.09. The molecule has 1 fully saturated rings. The fraction of sp³-hybridized carbons (Fsp3) is 0.562. The lowest BCUT2D eigenvalue weighted by molar-refractivity contribution is -0.137. The van der Waals surface area contributed by atoms with Gasteiger partial charge in [-0.15, -0.1) is 0 Å². The third kappa shape index (κ3) is 5.73. The van der Waals surface area contributed by atoms with E-state index >= 15 is 0 Å². The highest BCUT2D eigenvalue weighted by atomic mass is 16.5. The van der Waals surface area contributed by atoms with Gasteiger partial charge in [0.05, 0.1) is 6.42 Å². The number of aliphatic carboxylic acids is 1. The maximum atomic E-state index is 10.6. The first-order valence-corrected chi connectivity index (χ1v) is 7.49. The number of aryl methyl sites for hydroxylation is 1. The molecule has 1 aliphatic rings. The van der Waals surface area contributed by atoms with Crippen LogP contribution in [0, 0.1) is 6.92 Å². The SMILES string of the molecule is Cc1cccc(OCCN2CCN(CCC(=O)O)CC2)c1. The van der Waals surface area contributed by atoms with Gasteiger partial charge >= 0.3 is 5.97 Å². The summed E-state index contributed by atoms with van der Waals surface area (Å²) in [6.07, 6.45) is 0.233. The van der Waals surface area contributed by atoms with Gasteiger partial charge in [0.25, 0.3) is 0 Å². The summed E-state index contributed by atoms with van der Waals surface area (Å²) in [5.74, 6) is 0.207. The predicted octanol–water partition coefficient (Wildman–Crippen LogP) is 1.47. The number of carboxylic acids is 1. The van der Waals surface area contributed by atoms with E-state index in [1.165, 1.54) is 5.56 Å². The number of carbonyl (C=O) groups is 1. The van der Waals surface area contributed by atoms with E-state index in [9.17, 15) is 4.79 Å². The second kappa shape index (κ2) is 8.00. The Kier molecular flexibility index (Phi) is 6.02. The molecule has 0 aromatic heterocycles. The van der Waals surface area contributed by atoms with E-state index in [0.717, 1.165) is 38.5 Å². The van der Waals surface area contributed by atoms with E-state index in [2.05, 4.69) is 22.8 Å². The Morgan fingerprint density at radius 3 is 2.48 bits per heavy atom. The summed E-state index contributed by atoms with van der Waals surface area (Å²) in [7, 11) is 0. The Bertz CT molecular complexity index is 457. The predicted molar refractivity (Wildman–Crippen MR) is 81.8 cm³/mol. The van der Waals surface area contributed by atoms with Crippen LogP contribution in [0.25, 0.3) is 0 Å². The second-order valence-electron chi connectivity index (χ2n) is 5.49. The maximum Gasteiger partial charge on any atom is 0.304 e. The summed E-state index contributed by atoms with van der Waals surface area (Å²) >= 11 is 0. The first-order valence-electron chi connectivity index (χ1n) is 7.49. The Morgan fingerprint density at radius 2 is 1.86 bits per heavy atom. The molecule has 1 saturated heterocycles. The smallest absolute Gasteiger partial charge is 0.304 e. The van der Waals surface area contributed by atoms with Crippen LogP contribution in [0.3, 0.4) is 0 Å². The fourth-order valence-corrected chi connectivity index (χ4v) is 2.49. The van der Waals surface area contributed by atoms with Gasteiger partial charge in [-0.3, -0.25) is 9.69 Å². The van der Waals surface area contributed by atoms with E-state index < -0.39 is 5.97 Å². The summed E-state index contributed by atoms with van der Waals surface area (Å²) in [6.45, 7) is 8.18. The van der Waals surface area contributed by atoms with Crippen molar-refractivity contribution in [1.82, 2.24) is 9.80 Å². The topological polar surface area (TPSA) is 53.0 Å². The Balaban J connectivity index is 1.61. The lowest BCUT2D eigenvalue weighted by Crippen LogP contribution is -2.47. The van der Waals surface area contributed by atoms with Crippen LogP contribution < -0.4 is 4.74 Å². The van der Waals surface area contributed by atoms with Gasteiger partial charge in [0, 0.05) is 39.3 Å². The van der Waals surface area contributed by atoms with Gasteiger partial charge in [0.15, 0.2) is 0 Å². The zero-order chi connectivity index (χ0) is 15.1. The molecule has 5 nitrogen and oxygen atoms in total. The zero-order valence-electron chi connectivity index (χ0n) is 12.6. The average Bonchev–Trinajstić information content (AvgIpc) is 2.46. The van der Waals surface area contributed by atoms with Crippen LogP contribution in [0.15, 0.2) is 24.3 Å². The van der Waals surface area contributed by atoms with Crippen LogP contribution >= 0.6 is 0 Å². The van der Waals surface area contributed by atoms with Crippen molar-refractivity contribution in [2.24, 2.45) is 0 Å². The highest BCUT2D eigenvalue weighted by Crippen LogP contribution is 2.12. The minimum Gasteiger partial charge on any atom is -0.492 e. The van der Waals surface area contributed by atoms with Crippen LogP contribution in [0.1, 0.15) is 12.0 Å². The zero-order valence-corrected chi connectivity index (χ0v) is 12.6. The minimum absolute atomic E-state index is 0.233. The summed E-state index contributed by atoms with van der Waals surface area (Å²) in [5, 5.41) is 8.69. The molecule has 1 N–H and O–H groups in total. The van der Waals surface area contributed by atoms with Crippen LogP contribution in [-0.2, 0) is 4.79 Å². The first kappa shape index (κ1) is 15.8. The normalized spacial score (nSPS) is 16.8. The molecule has 0 atom stereocenters. The molecule has 116 valence electrons. The van der Waals surface area contributed by atoms with E-state index in [4.69, 9.17) is 9.84 Å². The maximum absolute atomic E-state index is 10.6. The summed E-state index contributed by atoms with van der Waals surface area (Å²) in [5.41, 5.74) is 1.21. The van der Waals surface area contributed by atoms with Gasteiger partial charge < -0.3 is 14.7 Å². The number of ether oxygens (including phenoxy) is 1. The summed E-state index contributed by atoms with van der Waals surface area (Å²) in [4.78, 5) is 15.1. The van der Waals surface area contributed by atoms with E-state index in [1.54, 1.807) is 0 Å². The number of piperazine rings is 1. The van der Waals surface area contributed by atoms with Gasteiger partial charge in [-0.25, -0.2) is 0 Å². The Labute approximate surface area is 126 Å². The third-order valence-electron chi connectivity index (χ3n) is 3.77. The molecule has 5 heteroatoms. The first-order chi connectivity index (χ1) is 10.1. The van der Waals surface area contributed by atoms with E-state index in [-0.39, 0.29) is 6.42 Å². The van der Waals surface area contributed by atoms with Gasteiger partial charge in [-0.2, -0.15) is 0 Å². The van der Waals surface area contributed by atoms with Crippen molar-refractivity contribution < 1.29 is 14.6 Å². The van der Waals surface area contributed by atoms with E-state index in [0.29, 0.717) is 13.2 Å². The van der Waals surface area contributed by atoms with Crippen molar-refractivity contribution in [3.8, 4) is 5.75 Å². The Morgan fingerprint density at radius 1 is 1.19 bits per heavy atom. The number of nitrogens with zero attached hydrogens (tertiary/aromatic N) is 2. The number of hydrogen-bond acceptors (Lipinski definition) is 4. The van der Waals surface area contributed by atoms with Crippen molar-refractivity contribution >= 4 is 5.97 Å². The van der Waals surface area contributed by atoms with Gasteiger partial charge in [-0.05, 0) is 24.6 Å². The molecule has 2 rings (SSSR count). The number of benzene rings is 1. The van der Waals surface area contributed by atoms with Crippen LogP contribution in [0.2, 0.25) is 0 Å². The number of carboxylic acid groups (broad SMARTS) is 1. The molecule has 1 heterocycles. The van der Waals surface area contributed by atoms with Crippen molar-refractivity contribution in [3.63, 3.8) is 0 Å². The second-order valence-corrected chi connectivity index (χ2v) is 5.49.